The summed E-state index contributed by atoms with van der Waals surface area (Å²) in [6.45, 7) is 2.82. The van der Waals surface area contributed by atoms with Gasteiger partial charge in [-0.25, -0.2) is 4.39 Å². The van der Waals surface area contributed by atoms with Crippen LogP contribution in [0.3, 0.4) is 0 Å². The standard InChI is InChI=1S/C14H14BrFN4O/c1-2-8-17-12-7-6-11(19-20-12)14(21)18-13-9(15)4-3-5-10(13)16/h3-7H,2,8H2,1H3,(H,17,20)(H,18,21). The first kappa shape index (κ1) is 15.4. The molecule has 2 aromatic rings. The van der Waals surface area contributed by atoms with E-state index in [0.717, 1.165) is 13.0 Å². The summed E-state index contributed by atoms with van der Waals surface area (Å²) in [6.07, 6.45) is 0.964. The van der Waals surface area contributed by atoms with Gasteiger partial charge in [-0.15, -0.1) is 10.2 Å². The number of hydrogen-bond donors (Lipinski definition) is 2. The Balaban J connectivity index is 2.10. The molecule has 7 heteroatoms. The lowest BCUT2D eigenvalue weighted by molar-refractivity contribution is 0.102. The second kappa shape index (κ2) is 7.12. The first-order valence-corrected chi connectivity index (χ1v) is 7.24. The van der Waals surface area contributed by atoms with Crippen molar-refractivity contribution in [2.24, 2.45) is 0 Å². The number of hydrogen-bond acceptors (Lipinski definition) is 4. The fourth-order valence-corrected chi connectivity index (χ4v) is 2.04. The summed E-state index contributed by atoms with van der Waals surface area (Å²) in [5.74, 6) is -0.442. The summed E-state index contributed by atoms with van der Waals surface area (Å²) >= 11 is 3.19. The number of benzene rings is 1. The van der Waals surface area contributed by atoms with Gasteiger partial charge in [0.05, 0.1) is 5.69 Å². The van der Waals surface area contributed by atoms with E-state index in [2.05, 4.69) is 36.8 Å². The van der Waals surface area contributed by atoms with Crippen molar-refractivity contribution in [3.8, 4) is 0 Å². The molecule has 0 bridgehead atoms. The van der Waals surface area contributed by atoms with E-state index in [1.807, 2.05) is 6.92 Å². The van der Waals surface area contributed by atoms with Crippen LogP contribution in [0.15, 0.2) is 34.8 Å². The van der Waals surface area contributed by atoms with Crippen LogP contribution in [0.4, 0.5) is 15.9 Å². The Morgan fingerprint density at radius 2 is 2.10 bits per heavy atom. The van der Waals surface area contributed by atoms with Gasteiger partial charge in [0, 0.05) is 11.0 Å². The number of carbonyl (C=O) groups is 1. The molecule has 0 atom stereocenters. The molecule has 21 heavy (non-hydrogen) atoms. The number of carbonyl (C=O) groups excluding carboxylic acids is 1. The third kappa shape index (κ3) is 3.98. The Morgan fingerprint density at radius 3 is 2.71 bits per heavy atom. The topological polar surface area (TPSA) is 66.9 Å². The van der Waals surface area contributed by atoms with E-state index in [1.54, 1.807) is 18.2 Å². The molecule has 2 rings (SSSR count). The predicted molar refractivity (Wildman–Crippen MR) is 82.9 cm³/mol. The molecule has 0 fully saturated rings. The monoisotopic (exact) mass is 352 g/mol. The van der Waals surface area contributed by atoms with E-state index in [-0.39, 0.29) is 11.4 Å². The molecule has 110 valence electrons. The Kier molecular flexibility index (Phi) is 5.21. The highest BCUT2D eigenvalue weighted by Gasteiger charge is 2.13. The first-order valence-electron chi connectivity index (χ1n) is 6.44. The number of nitrogens with zero attached hydrogens (tertiary/aromatic N) is 2. The van der Waals surface area contributed by atoms with Gasteiger partial charge in [0.25, 0.3) is 5.91 Å². The normalized spacial score (nSPS) is 10.2. The Morgan fingerprint density at radius 1 is 1.29 bits per heavy atom. The minimum absolute atomic E-state index is 0.0810. The minimum Gasteiger partial charge on any atom is -0.369 e. The second-order valence-corrected chi connectivity index (χ2v) is 5.14. The van der Waals surface area contributed by atoms with Crippen molar-refractivity contribution in [2.45, 2.75) is 13.3 Å². The maximum absolute atomic E-state index is 13.6. The van der Waals surface area contributed by atoms with Gasteiger partial charge >= 0.3 is 0 Å². The van der Waals surface area contributed by atoms with E-state index >= 15 is 0 Å². The highest BCUT2D eigenvalue weighted by molar-refractivity contribution is 9.10. The maximum atomic E-state index is 13.6. The zero-order valence-corrected chi connectivity index (χ0v) is 12.9. The second-order valence-electron chi connectivity index (χ2n) is 4.28. The highest BCUT2D eigenvalue weighted by atomic mass is 79.9. The first-order chi connectivity index (χ1) is 10.1. The van der Waals surface area contributed by atoms with Crippen molar-refractivity contribution in [3.05, 3.63) is 46.3 Å². The number of amides is 1. The van der Waals surface area contributed by atoms with Crippen molar-refractivity contribution >= 4 is 33.3 Å². The molecule has 0 spiro atoms. The summed E-state index contributed by atoms with van der Waals surface area (Å²) < 4.78 is 14.1. The Hall–Kier alpha value is -2.02. The van der Waals surface area contributed by atoms with Gasteiger partial charge in [-0.3, -0.25) is 4.79 Å². The number of para-hydroxylation sites is 1. The molecule has 0 aliphatic rings. The third-order valence-electron chi connectivity index (χ3n) is 2.65. The van der Waals surface area contributed by atoms with E-state index in [9.17, 15) is 9.18 Å². The number of aromatic nitrogens is 2. The molecule has 1 heterocycles. The Labute approximate surface area is 130 Å². The summed E-state index contributed by atoms with van der Waals surface area (Å²) in [6, 6.07) is 7.65. The van der Waals surface area contributed by atoms with Gasteiger partial charge in [0.1, 0.15) is 11.6 Å². The van der Waals surface area contributed by atoms with E-state index < -0.39 is 11.7 Å². The van der Waals surface area contributed by atoms with Crippen LogP contribution in [0.2, 0.25) is 0 Å². The molecule has 2 N–H and O–H groups in total. The largest absolute Gasteiger partial charge is 0.369 e. The molecule has 1 aromatic carbocycles. The van der Waals surface area contributed by atoms with Crippen molar-refractivity contribution in [1.82, 2.24) is 10.2 Å². The molecule has 0 aliphatic carbocycles. The minimum atomic E-state index is -0.521. The lowest BCUT2D eigenvalue weighted by Gasteiger charge is -2.08. The van der Waals surface area contributed by atoms with Gasteiger partial charge in [-0.1, -0.05) is 13.0 Å². The van der Waals surface area contributed by atoms with Crippen LogP contribution in [0.25, 0.3) is 0 Å². The molecular formula is C14H14BrFN4O. The van der Waals surface area contributed by atoms with Crippen molar-refractivity contribution in [3.63, 3.8) is 0 Å². The lowest BCUT2D eigenvalue weighted by Crippen LogP contribution is -2.16. The van der Waals surface area contributed by atoms with Crippen LogP contribution in [-0.2, 0) is 0 Å². The molecule has 0 saturated carbocycles. The number of anilines is 2. The molecular weight excluding hydrogens is 339 g/mol. The fraction of sp³-hybridized carbons (Fsp3) is 0.214. The van der Waals surface area contributed by atoms with Crippen LogP contribution in [-0.4, -0.2) is 22.6 Å². The summed E-state index contributed by atoms with van der Waals surface area (Å²) in [5, 5.41) is 13.3. The molecule has 0 radical (unpaired) electrons. The zero-order valence-electron chi connectivity index (χ0n) is 11.4. The van der Waals surface area contributed by atoms with Crippen LogP contribution in [0.1, 0.15) is 23.8 Å². The lowest BCUT2D eigenvalue weighted by atomic mass is 10.3. The highest BCUT2D eigenvalue weighted by Crippen LogP contribution is 2.25. The van der Waals surface area contributed by atoms with Crippen molar-refractivity contribution < 1.29 is 9.18 Å². The molecule has 1 amide bonds. The predicted octanol–water partition coefficient (Wildman–Crippen LogP) is 3.45. The third-order valence-corrected chi connectivity index (χ3v) is 3.32. The van der Waals surface area contributed by atoms with Gasteiger partial charge in [0.2, 0.25) is 0 Å². The van der Waals surface area contributed by atoms with E-state index in [1.165, 1.54) is 12.1 Å². The van der Waals surface area contributed by atoms with Gasteiger partial charge in [0.15, 0.2) is 5.69 Å². The van der Waals surface area contributed by atoms with E-state index in [4.69, 9.17) is 0 Å². The van der Waals surface area contributed by atoms with E-state index in [0.29, 0.717) is 10.3 Å². The van der Waals surface area contributed by atoms with Crippen molar-refractivity contribution in [1.29, 1.82) is 0 Å². The van der Waals surface area contributed by atoms with Gasteiger partial charge in [-0.2, -0.15) is 0 Å². The van der Waals surface area contributed by atoms with Crippen LogP contribution in [0, 0.1) is 5.82 Å². The zero-order chi connectivity index (χ0) is 15.2. The fourth-order valence-electron chi connectivity index (χ4n) is 1.60. The smallest absolute Gasteiger partial charge is 0.276 e. The summed E-state index contributed by atoms with van der Waals surface area (Å²) in [5.41, 5.74) is 0.199. The molecule has 1 aromatic heterocycles. The SMILES string of the molecule is CCCNc1ccc(C(=O)Nc2c(F)cccc2Br)nn1. The van der Waals surface area contributed by atoms with Crippen LogP contribution in [0.5, 0.6) is 0 Å². The van der Waals surface area contributed by atoms with Crippen LogP contribution >= 0.6 is 15.9 Å². The quantitative estimate of drug-likeness (QED) is 0.864. The molecule has 0 aliphatic heterocycles. The molecule has 0 saturated heterocycles. The summed E-state index contributed by atoms with van der Waals surface area (Å²) in [4.78, 5) is 12.0. The number of rotatable bonds is 5. The van der Waals surface area contributed by atoms with Crippen LogP contribution < -0.4 is 10.6 Å². The Bertz CT molecular complexity index is 613. The average molecular weight is 353 g/mol. The average Bonchev–Trinajstić information content (AvgIpc) is 2.49. The number of halogens is 2. The summed E-state index contributed by atoms with van der Waals surface area (Å²) in [7, 11) is 0. The number of nitrogens with one attached hydrogen (secondary N) is 2. The maximum Gasteiger partial charge on any atom is 0.276 e. The molecule has 0 unspecified atom stereocenters. The van der Waals surface area contributed by atoms with Crippen molar-refractivity contribution in [2.75, 3.05) is 17.2 Å². The van der Waals surface area contributed by atoms with Gasteiger partial charge in [-0.05, 0) is 46.6 Å². The molecule has 5 nitrogen and oxygen atoms in total. The van der Waals surface area contributed by atoms with Gasteiger partial charge < -0.3 is 10.6 Å².